The van der Waals surface area contributed by atoms with Crippen LogP contribution in [0.4, 0.5) is 5.13 Å². The molecule has 1 amide bonds. The summed E-state index contributed by atoms with van der Waals surface area (Å²) < 4.78 is 8.31. The molecule has 142 valence electrons. The van der Waals surface area contributed by atoms with Crippen LogP contribution in [0.5, 0.6) is 5.75 Å². The number of anilines is 1. The van der Waals surface area contributed by atoms with Crippen molar-refractivity contribution in [1.29, 1.82) is 0 Å². The van der Waals surface area contributed by atoms with Gasteiger partial charge in [-0.2, -0.15) is 5.10 Å². The van der Waals surface area contributed by atoms with Crippen molar-refractivity contribution < 1.29 is 9.53 Å². The average molecular weight is 385 g/mol. The first-order valence-electron chi connectivity index (χ1n) is 9.02. The smallest absolute Gasteiger partial charge is 0.244 e. The van der Waals surface area contributed by atoms with Gasteiger partial charge >= 0.3 is 0 Å². The number of carbonyl (C=O) groups is 1. The number of methoxy groups -OCH3 is 1. The van der Waals surface area contributed by atoms with Crippen LogP contribution in [0, 0.1) is 13.8 Å². The van der Waals surface area contributed by atoms with Crippen molar-refractivity contribution >= 4 is 32.6 Å². The molecule has 0 radical (unpaired) electrons. The monoisotopic (exact) mass is 385 g/mol. The topological polar surface area (TPSA) is 63.5 Å². The highest BCUT2D eigenvalue weighted by Gasteiger charge is 2.24. The van der Waals surface area contributed by atoms with Crippen LogP contribution in [0.1, 0.15) is 11.4 Å². The Morgan fingerprint density at radius 1 is 1.22 bits per heavy atom. The number of nitrogens with zero attached hydrogens (tertiary/aromatic N) is 5. The molecular formula is C19H23N5O2S. The number of para-hydroxylation sites is 1. The molecule has 3 aromatic rings. The molecule has 0 spiro atoms. The maximum atomic E-state index is 12.6. The molecule has 1 aliphatic heterocycles. The van der Waals surface area contributed by atoms with E-state index in [4.69, 9.17) is 9.72 Å². The van der Waals surface area contributed by atoms with Gasteiger partial charge in [0.2, 0.25) is 5.91 Å². The first-order chi connectivity index (χ1) is 13.0. The third-order valence-corrected chi connectivity index (χ3v) is 5.96. The predicted molar refractivity (Wildman–Crippen MR) is 107 cm³/mol. The molecule has 1 fully saturated rings. The molecule has 8 heteroatoms. The molecule has 4 rings (SSSR count). The molecule has 0 saturated carbocycles. The van der Waals surface area contributed by atoms with Gasteiger partial charge in [0, 0.05) is 31.9 Å². The number of carbonyl (C=O) groups excluding carboxylic acids is 1. The summed E-state index contributed by atoms with van der Waals surface area (Å²) in [5, 5.41) is 5.37. The molecule has 0 aliphatic carbocycles. The molecule has 0 bridgehead atoms. The SMILES string of the molecule is COc1cccc2sc(N3CCN(C(=O)Cn4nc(C)cc4C)CC3)nc12. The summed E-state index contributed by atoms with van der Waals surface area (Å²) in [5.74, 6) is 0.917. The quantitative estimate of drug-likeness (QED) is 0.690. The standard InChI is InChI=1S/C19H23N5O2S/c1-13-11-14(2)24(21-13)12-17(25)22-7-9-23(10-8-22)19-20-18-15(26-3)5-4-6-16(18)27-19/h4-6,11H,7-10,12H2,1-3H3. The van der Waals surface area contributed by atoms with Gasteiger partial charge in [0.05, 0.1) is 17.5 Å². The first kappa shape index (κ1) is 17.8. The van der Waals surface area contributed by atoms with Crippen molar-refractivity contribution in [3.63, 3.8) is 0 Å². The van der Waals surface area contributed by atoms with Crippen LogP contribution in [-0.4, -0.2) is 58.9 Å². The van der Waals surface area contributed by atoms with E-state index in [-0.39, 0.29) is 5.91 Å². The number of aromatic nitrogens is 3. The van der Waals surface area contributed by atoms with E-state index in [9.17, 15) is 4.79 Å². The Morgan fingerprint density at radius 3 is 2.67 bits per heavy atom. The zero-order valence-corrected chi connectivity index (χ0v) is 16.6. The number of rotatable bonds is 4. The minimum atomic E-state index is 0.117. The predicted octanol–water partition coefficient (Wildman–Crippen LogP) is 2.47. The lowest BCUT2D eigenvalue weighted by atomic mass is 10.3. The van der Waals surface area contributed by atoms with Gasteiger partial charge in [-0.25, -0.2) is 4.98 Å². The molecular weight excluding hydrogens is 362 g/mol. The van der Waals surface area contributed by atoms with Crippen LogP contribution in [-0.2, 0) is 11.3 Å². The fourth-order valence-electron chi connectivity index (χ4n) is 3.42. The molecule has 0 unspecified atom stereocenters. The number of piperazine rings is 1. The van der Waals surface area contributed by atoms with E-state index in [0.717, 1.165) is 45.6 Å². The number of ether oxygens (including phenoxy) is 1. The lowest BCUT2D eigenvalue weighted by Gasteiger charge is -2.34. The van der Waals surface area contributed by atoms with Crippen molar-refractivity contribution in [1.82, 2.24) is 19.7 Å². The molecule has 0 atom stereocenters. The molecule has 27 heavy (non-hydrogen) atoms. The van der Waals surface area contributed by atoms with Crippen LogP contribution < -0.4 is 9.64 Å². The normalized spacial score (nSPS) is 14.8. The molecule has 1 aromatic carbocycles. The fourth-order valence-corrected chi connectivity index (χ4v) is 4.46. The highest BCUT2D eigenvalue weighted by molar-refractivity contribution is 7.22. The molecule has 1 saturated heterocycles. The lowest BCUT2D eigenvalue weighted by Crippen LogP contribution is -2.49. The van der Waals surface area contributed by atoms with Gasteiger partial charge in [-0.3, -0.25) is 9.48 Å². The largest absolute Gasteiger partial charge is 0.494 e. The summed E-state index contributed by atoms with van der Waals surface area (Å²) in [6.45, 7) is 7.19. The van der Waals surface area contributed by atoms with E-state index in [1.54, 1.807) is 23.1 Å². The van der Waals surface area contributed by atoms with Gasteiger partial charge in [0.15, 0.2) is 5.13 Å². The molecule has 0 N–H and O–H groups in total. The number of amides is 1. The second-order valence-corrected chi connectivity index (χ2v) is 7.77. The Kier molecular flexibility index (Phi) is 4.73. The average Bonchev–Trinajstić information content (AvgIpc) is 3.24. The molecule has 7 nitrogen and oxygen atoms in total. The molecule has 3 heterocycles. The highest BCUT2D eigenvalue weighted by Crippen LogP contribution is 2.34. The van der Waals surface area contributed by atoms with Gasteiger partial charge < -0.3 is 14.5 Å². The van der Waals surface area contributed by atoms with Crippen LogP contribution >= 0.6 is 11.3 Å². The Morgan fingerprint density at radius 2 is 2.00 bits per heavy atom. The number of hydrogen-bond acceptors (Lipinski definition) is 6. The second kappa shape index (κ2) is 7.19. The van der Waals surface area contributed by atoms with Crippen LogP contribution in [0.2, 0.25) is 0 Å². The molecule has 2 aromatic heterocycles. The number of benzene rings is 1. The van der Waals surface area contributed by atoms with Gasteiger partial charge in [0.25, 0.3) is 0 Å². The molecule has 1 aliphatic rings. The Balaban J connectivity index is 1.41. The summed E-state index contributed by atoms with van der Waals surface area (Å²) in [7, 11) is 1.67. The zero-order valence-electron chi connectivity index (χ0n) is 15.8. The van der Waals surface area contributed by atoms with E-state index in [0.29, 0.717) is 19.6 Å². The number of hydrogen-bond donors (Lipinski definition) is 0. The number of fused-ring (bicyclic) bond motifs is 1. The van der Waals surface area contributed by atoms with E-state index in [1.807, 2.05) is 36.9 Å². The maximum Gasteiger partial charge on any atom is 0.244 e. The summed E-state index contributed by atoms with van der Waals surface area (Å²) in [4.78, 5) is 21.5. The summed E-state index contributed by atoms with van der Waals surface area (Å²) in [5.41, 5.74) is 2.86. The third-order valence-electron chi connectivity index (χ3n) is 4.88. The number of aryl methyl sites for hydroxylation is 2. The van der Waals surface area contributed by atoms with E-state index >= 15 is 0 Å². The summed E-state index contributed by atoms with van der Waals surface area (Å²) >= 11 is 1.67. The minimum Gasteiger partial charge on any atom is -0.494 e. The van der Waals surface area contributed by atoms with Crippen LogP contribution in [0.3, 0.4) is 0 Å². The second-order valence-electron chi connectivity index (χ2n) is 6.76. The zero-order chi connectivity index (χ0) is 19.0. The van der Waals surface area contributed by atoms with Crippen LogP contribution in [0.25, 0.3) is 10.2 Å². The van der Waals surface area contributed by atoms with E-state index in [2.05, 4.69) is 16.1 Å². The fraction of sp³-hybridized carbons (Fsp3) is 0.421. The van der Waals surface area contributed by atoms with Gasteiger partial charge in [0.1, 0.15) is 17.8 Å². The Hall–Kier alpha value is -2.61. The minimum absolute atomic E-state index is 0.117. The summed E-state index contributed by atoms with van der Waals surface area (Å²) in [6, 6.07) is 7.97. The highest BCUT2D eigenvalue weighted by atomic mass is 32.1. The lowest BCUT2D eigenvalue weighted by molar-refractivity contribution is -0.132. The summed E-state index contributed by atoms with van der Waals surface area (Å²) in [6.07, 6.45) is 0. The van der Waals surface area contributed by atoms with Crippen LogP contribution in [0.15, 0.2) is 24.3 Å². The van der Waals surface area contributed by atoms with Crippen molar-refractivity contribution in [2.75, 3.05) is 38.2 Å². The van der Waals surface area contributed by atoms with Crippen molar-refractivity contribution in [3.05, 3.63) is 35.7 Å². The van der Waals surface area contributed by atoms with Crippen molar-refractivity contribution in [3.8, 4) is 5.75 Å². The van der Waals surface area contributed by atoms with Gasteiger partial charge in [-0.15, -0.1) is 0 Å². The Bertz CT molecular complexity index is 972. The van der Waals surface area contributed by atoms with E-state index in [1.165, 1.54) is 0 Å². The maximum absolute atomic E-state index is 12.6. The van der Waals surface area contributed by atoms with Gasteiger partial charge in [-0.1, -0.05) is 17.4 Å². The number of thiazole rings is 1. The van der Waals surface area contributed by atoms with E-state index < -0.39 is 0 Å². The van der Waals surface area contributed by atoms with Crippen molar-refractivity contribution in [2.24, 2.45) is 0 Å². The first-order valence-corrected chi connectivity index (χ1v) is 9.84. The third kappa shape index (κ3) is 3.49. The Labute approximate surface area is 162 Å². The van der Waals surface area contributed by atoms with Gasteiger partial charge in [-0.05, 0) is 32.0 Å². The van der Waals surface area contributed by atoms with Crippen molar-refractivity contribution in [2.45, 2.75) is 20.4 Å².